The van der Waals surface area contributed by atoms with Gasteiger partial charge in [-0.25, -0.2) is 5.01 Å². The van der Waals surface area contributed by atoms with Gasteiger partial charge in [0.25, 0.3) is 0 Å². The zero-order chi connectivity index (χ0) is 8.43. The second-order valence-corrected chi connectivity index (χ2v) is 3.62. The maximum absolute atomic E-state index is 8.96. The fourth-order valence-electron chi connectivity index (χ4n) is 1.14. The number of aliphatic hydroxyl groups is 1. The van der Waals surface area contributed by atoms with Crippen LogP contribution in [0.15, 0.2) is 5.70 Å². The standard InChI is InChI=1S/C7H13N2OS/c1-6-5-11-7(4-10)9(6)8(2)3/h7,10H,4H2,1-3H3. The molecular weight excluding hydrogens is 160 g/mol. The second-order valence-electron chi connectivity index (χ2n) is 2.63. The highest BCUT2D eigenvalue weighted by atomic mass is 32.2. The number of aliphatic hydroxyl groups excluding tert-OH is 1. The largest absolute Gasteiger partial charge is 0.393 e. The van der Waals surface area contributed by atoms with Crippen molar-refractivity contribution in [2.24, 2.45) is 0 Å². The minimum Gasteiger partial charge on any atom is -0.393 e. The summed E-state index contributed by atoms with van der Waals surface area (Å²) in [5, 5.41) is 16.2. The van der Waals surface area contributed by atoms with Crippen molar-refractivity contribution in [1.82, 2.24) is 10.0 Å². The molecule has 0 aromatic carbocycles. The van der Waals surface area contributed by atoms with Crippen molar-refractivity contribution in [2.45, 2.75) is 12.3 Å². The van der Waals surface area contributed by atoms with E-state index in [2.05, 4.69) is 5.41 Å². The molecule has 0 saturated carbocycles. The van der Waals surface area contributed by atoms with Crippen LogP contribution in [0, 0.1) is 5.41 Å². The Hall–Kier alpha value is -0.190. The smallest absolute Gasteiger partial charge is 0.118 e. The van der Waals surface area contributed by atoms with Gasteiger partial charge in [0.15, 0.2) is 0 Å². The topological polar surface area (TPSA) is 26.7 Å². The fraction of sp³-hybridized carbons (Fsp3) is 0.714. The number of hydrogen-bond acceptors (Lipinski definition) is 4. The Labute approximate surface area is 71.6 Å². The average molecular weight is 173 g/mol. The Morgan fingerprint density at radius 1 is 1.73 bits per heavy atom. The first-order valence-corrected chi connectivity index (χ1v) is 4.37. The van der Waals surface area contributed by atoms with Gasteiger partial charge in [-0.2, -0.15) is 0 Å². The molecule has 0 spiro atoms. The van der Waals surface area contributed by atoms with E-state index in [0.717, 1.165) is 5.70 Å². The molecule has 1 aliphatic rings. The quantitative estimate of drug-likeness (QED) is 0.657. The molecule has 1 radical (unpaired) electrons. The summed E-state index contributed by atoms with van der Waals surface area (Å²) in [5.74, 6) is 0. The summed E-state index contributed by atoms with van der Waals surface area (Å²) in [6, 6.07) is 0. The molecule has 1 N–H and O–H groups in total. The van der Waals surface area contributed by atoms with Crippen LogP contribution in [-0.4, -0.2) is 41.2 Å². The molecule has 0 amide bonds. The number of thioether (sulfide) groups is 1. The van der Waals surface area contributed by atoms with Gasteiger partial charge in [-0.3, -0.25) is 5.01 Å². The SMILES string of the molecule is CC1=[C]SC(CO)N1N(C)C. The molecule has 1 rings (SSSR count). The second kappa shape index (κ2) is 3.47. The lowest BCUT2D eigenvalue weighted by atomic mass is 10.5. The molecule has 1 unspecified atom stereocenters. The van der Waals surface area contributed by atoms with Crippen LogP contribution in [0.5, 0.6) is 0 Å². The summed E-state index contributed by atoms with van der Waals surface area (Å²) >= 11 is 1.53. The van der Waals surface area contributed by atoms with Crippen LogP contribution in [0.4, 0.5) is 0 Å². The van der Waals surface area contributed by atoms with E-state index in [1.807, 2.05) is 31.0 Å². The molecule has 1 aliphatic heterocycles. The lowest BCUT2D eigenvalue weighted by Gasteiger charge is -2.32. The van der Waals surface area contributed by atoms with Crippen LogP contribution in [-0.2, 0) is 0 Å². The van der Waals surface area contributed by atoms with E-state index in [-0.39, 0.29) is 12.0 Å². The van der Waals surface area contributed by atoms with Crippen molar-refractivity contribution in [3.8, 4) is 0 Å². The fourth-order valence-corrected chi connectivity index (χ4v) is 2.06. The maximum atomic E-state index is 8.96. The molecule has 0 bridgehead atoms. The highest BCUT2D eigenvalue weighted by molar-refractivity contribution is 8.01. The predicted molar refractivity (Wildman–Crippen MR) is 46.4 cm³/mol. The Kier molecular flexibility index (Phi) is 2.81. The number of rotatable bonds is 2. The van der Waals surface area contributed by atoms with E-state index >= 15 is 0 Å². The van der Waals surface area contributed by atoms with Gasteiger partial charge < -0.3 is 5.11 Å². The van der Waals surface area contributed by atoms with E-state index in [0.29, 0.717) is 0 Å². The van der Waals surface area contributed by atoms with Crippen molar-refractivity contribution in [2.75, 3.05) is 20.7 Å². The Morgan fingerprint density at radius 3 is 2.73 bits per heavy atom. The van der Waals surface area contributed by atoms with E-state index in [4.69, 9.17) is 5.11 Å². The van der Waals surface area contributed by atoms with Crippen LogP contribution in [0.2, 0.25) is 0 Å². The third kappa shape index (κ3) is 1.69. The summed E-state index contributed by atoms with van der Waals surface area (Å²) in [4.78, 5) is 0. The Morgan fingerprint density at radius 2 is 2.36 bits per heavy atom. The summed E-state index contributed by atoms with van der Waals surface area (Å²) in [7, 11) is 3.92. The summed E-state index contributed by atoms with van der Waals surface area (Å²) in [6.07, 6.45) is 0. The van der Waals surface area contributed by atoms with Crippen molar-refractivity contribution < 1.29 is 5.11 Å². The zero-order valence-electron chi connectivity index (χ0n) is 7.03. The third-order valence-electron chi connectivity index (χ3n) is 1.55. The molecule has 0 saturated heterocycles. The number of hydrogen-bond donors (Lipinski definition) is 1. The van der Waals surface area contributed by atoms with Crippen LogP contribution in [0.25, 0.3) is 0 Å². The first-order chi connectivity index (χ1) is 5.16. The van der Waals surface area contributed by atoms with Gasteiger partial charge >= 0.3 is 0 Å². The van der Waals surface area contributed by atoms with Gasteiger partial charge in [0.2, 0.25) is 0 Å². The van der Waals surface area contributed by atoms with E-state index in [1.54, 1.807) is 0 Å². The minimum atomic E-state index is 0.116. The Balaban J connectivity index is 2.64. The molecule has 4 heteroatoms. The van der Waals surface area contributed by atoms with Crippen LogP contribution < -0.4 is 0 Å². The zero-order valence-corrected chi connectivity index (χ0v) is 7.85. The normalized spacial score (nSPS) is 24.6. The van der Waals surface area contributed by atoms with Gasteiger partial charge in [-0.15, -0.1) is 0 Å². The van der Waals surface area contributed by atoms with E-state index in [1.165, 1.54) is 11.8 Å². The molecule has 0 fully saturated rings. The molecular formula is C7H13N2OS. The third-order valence-corrected chi connectivity index (χ3v) is 2.58. The molecule has 11 heavy (non-hydrogen) atoms. The summed E-state index contributed by atoms with van der Waals surface area (Å²) in [5.41, 5.74) is 1.07. The Bertz CT molecular complexity index is 170. The lowest BCUT2D eigenvalue weighted by Crippen LogP contribution is -2.40. The average Bonchev–Trinajstić information content (AvgIpc) is 2.30. The first-order valence-electron chi connectivity index (χ1n) is 3.49. The van der Waals surface area contributed by atoms with E-state index < -0.39 is 0 Å². The molecule has 0 aliphatic carbocycles. The predicted octanol–water partition coefficient (Wildman–Crippen LogP) is 0.495. The highest BCUT2D eigenvalue weighted by Gasteiger charge is 2.25. The molecule has 1 heterocycles. The molecule has 0 aromatic heterocycles. The minimum absolute atomic E-state index is 0.116. The van der Waals surface area contributed by atoms with Crippen molar-refractivity contribution in [3.05, 3.63) is 11.1 Å². The van der Waals surface area contributed by atoms with Crippen LogP contribution in [0.3, 0.4) is 0 Å². The molecule has 1 atom stereocenters. The van der Waals surface area contributed by atoms with Gasteiger partial charge in [-0.1, -0.05) is 11.8 Å². The van der Waals surface area contributed by atoms with Crippen molar-refractivity contribution >= 4 is 11.8 Å². The van der Waals surface area contributed by atoms with Crippen LogP contribution >= 0.6 is 11.8 Å². The maximum Gasteiger partial charge on any atom is 0.118 e. The van der Waals surface area contributed by atoms with E-state index in [9.17, 15) is 0 Å². The monoisotopic (exact) mass is 173 g/mol. The van der Waals surface area contributed by atoms with Gasteiger partial charge in [-0.05, 0) is 6.92 Å². The molecule has 63 valence electrons. The summed E-state index contributed by atoms with van der Waals surface area (Å²) < 4.78 is 0. The number of hydrazine groups is 1. The first kappa shape index (κ1) is 8.90. The van der Waals surface area contributed by atoms with Crippen molar-refractivity contribution in [3.63, 3.8) is 0 Å². The van der Waals surface area contributed by atoms with Crippen molar-refractivity contribution in [1.29, 1.82) is 0 Å². The highest BCUT2D eigenvalue weighted by Crippen LogP contribution is 2.29. The summed E-state index contributed by atoms with van der Waals surface area (Å²) in [6.45, 7) is 2.15. The molecule has 0 aromatic rings. The lowest BCUT2D eigenvalue weighted by molar-refractivity contribution is 0.0360. The molecule has 3 nitrogen and oxygen atoms in total. The number of nitrogens with zero attached hydrogens (tertiary/aromatic N) is 2. The van der Waals surface area contributed by atoms with Gasteiger partial charge in [0.05, 0.1) is 6.61 Å². The number of allylic oxidation sites excluding steroid dienone is 1. The van der Waals surface area contributed by atoms with Gasteiger partial charge in [0, 0.05) is 25.2 Å². The van der Waals surface area contributed by atoms with Crippen LogP contribution in [0.1, 0.15) is 6.92 Å². The van der Waals surface area contributed by atoms with Gasteiger partial charge in [0.1, 0.15) is 5.37 Å².